The number of aromatic nitrogens is 3. The molecule has 3 aromatic heterocycles. The second-order valence-corrected chi connectivity index (χ2v) is 5.25. The molecule has 0 fully saturated rings. The summed E-state index contributed by atoms with van der Waals surface area (Å²) < 4.78 is 1.69. The Hall–Kier alpha value is -1.85. The van der Waals surface area contributed by atoms with Crippen LogP contribution in [-0.4, -0.2) is 14.5 Å². The van der Waals surface area contributed by atoms with Crippen LogP contribution in [0.15, 0.2) is 47.0 Å². The normalized spacial score (nSPS) is 10.2. The van der Waals surface area contributed by atoms with Crippen LogP contribution in [0.1, 0.15) is 11.4 Å². The van der Waals surface area contributed by atoms with Gasteiger partial charge in [-0.25, -0.2) is 4.98 Å². The third-order valence-electron chi connectivity index (χ3n) is 3.06. The van der Waals surface area contributed by atoms with Crippen molar-refractivity contribution in [3.05, 3.63) is 63.9 Å². The van der Waals surface area contributed by atoms with Gasteiger partial charge >= 0.3 is 0 Å². The van der Waals surface area contributed by atoms with Crippen molar-refractivity contribution in [2.24, 2.45) is 0 Å². The zero-order valence-corrected chi connectivity index (χ0v) is 12.5. The number of aryl methyl sites for hydroxylation is 1. The highest BCUT2D eigenvalue weighted by atomic mass is 35.5. The molecule has 0 atom stereocenters. The van der Waals surface area contributed by atoms with Crippen LogP contribution in [0.3, 0.4) is 0 Å². The fourth-order valence-corrected chi connectivity index (χ4v) is 2.73. The third-order valence-corrected chi connectivity index (χ3v) is 3.96. The van der Waals surface area contributed by atoms with E-state index in [-0.39, 0.29) is 18.0 Å². The minimum absolute atomic E-state index is 0. The number of thiophene rings is 1. The fraction of sp³-hybridized carbons (Fsp3) is 0.143. The molecule has 0 bridgehead atoms. The van der Waals surface area contributed by atoms with Gasteiger partial charge in [0.2, 0.25) is 0 Å². The van der Waals surface area contributed by atoms with E-state index in [1.54, 1.807) is 28.4 Å². The average molecular weight is 308 g/mol. The van der Waals surface area contributed by atoms with Crippen molar-refractivity contribution in [3.63, 3.8) is 0 Å². The standard InChI is InChI=1S/C14H13N3OS.ClH/c1-10-12(16-9-15-10)8-17-6-2-4-11(14(17)18)13-5-3-7-19-13;/h2-7,9H,8H2,1H3,(H,15,16);1H. The van der Waals surface area contributed by atoms with Gasteiger partial charge in [-0.1, -0.05) is 6.07 Å². The molecule has 4 nitrogen and oxygen atoms in total. The number of halogens is 1. The lowest BCUT2D eigenvalue weighted by molar-refractivity contribution is 0.741. The number of nitrogens with one attached hydrogen (secondary N) is 1. The molecular formula is C14H14ClN3OS. The smallest absolute Gasteiger partial charge is 0.259 e. The average Bonchev–Trinajstić information content (AvgIpc) is 3.04. The Bertz CT molecular complexity index is 746. The molecule has 3 rings (SSSR count). The predicted octanol–water partition coefficient (Wildman–Crippen LogP) is 3.08. The summed E-state index contributed by atoms with van der Waals surface area (Å²) in [6.07, 6.45) is 3.45. The van der Waals surface area contributed by atoms with E-state index >= 15 is 0 Å². The van der Waals surface area contributed by atoms with E-state index in [4.69, 9.17) is 0 Å². The number of rotatable bonds is 3. The first-order chi connectivity index (χ1) is 9.25. The van der Waals surface area contributed by atoms with E-state index in [0.29, 0.717) is 6.54 Å². The van der Waals surface area contributed by atoms with Crippen LogP contribution >= 0.6 is 23.7 Å². The number of imidazole rings is 1. The molecule has 0 aliphatic rings. The molecule has 0 aromatic carbocycles. The molecular weight excluding hydrogens is 294 g/mol. The van der Waals surface area contributed by atoms with Crippen molar-refractivity contribution in [3.8, 4) is 10.4 Å². The predicted molar refractivity (Wildman–Crippen MR) is 83.7 cm³/mol. The SMILES string of the molecule is Cc1[nH]cnc1Cn1cccc(-c2cccs2)c1=O.Cl. The Kier molecular flexibility index (Phi) is 4.42. The maximum absolute atomic E-state index is 12.4. The van der Waals surface area contributed by atoms with E-state index in [2.05, 4.69) is 9.97 Å². The molecule has 1 N–H and O–H groups in total. The maximum atomic E-state index is 12.4. The van der Waals surface area contributed by atoms with Crippen molar-refractivity contribution in [2.75, 3.05) is 0 Å². The van der Waals surface area contributed by atoms with Gasteiger partial charge in [-0.15, -0.1) is 23.7 Å². The van der Waals surface area contributed by atoms with Gasteiger partial charge in [0, 0.05) is 16.8 Å². The van der Waals surface area contributed by atoms with Gasteiger partial charge in [0.1, 0.15) is 0 Å². The molecule has 0 radical (unpaired) electrons. The molecule has 0 aliphatic carbocycles. The van der Waals surface area contributed by atoms with E-state index in [1.807, 2.05) is 36.6 Å². The Morgan fingerprint density at radius 2 is 2.20 bits per heavy atom. The van der Waals surface area contributed by atoms with Gasteiger partial charge < -0.3 is 9.55 Å². The van der Waals surface area contributed by atoms with Gasteiger partial charge in [-0.3, -0.25) is 4.79 Å². The summed E-state index contributed by atoms with van der Waals surface area (Å²) in [5, 5.41) is 1.98. The van der Waals surface area contributed by atoms with Crippen LogP contribution in [0.2, 0.25) is 0 Å². The van der Waals surface area contributed by atoms with Crippen molar-refractivity contribution in [2.45, 2.75) is 13.5 Å². The van der Waals surface area contributed by atoms with Gasteiger partial charge in [0.05, 0.1) is 24.1 Å². The largest absolute Gasteiger partial charge is 0.348 e. The molecule has 3 aromatic rings. The Morgan fingerprint density at radius 1 is 1.35 bits per heavy atom. The van der Waals surface area contributed by atoms with Crippen molar-refractivity contribution >= 4 is 23.7 Å². The summed E-state index contributed by atoms with van der Waals surface area (Å²) in [7, 11) is 0. The van der Waals surface area contributed by atoms with E-state index in [1.165, 1.54) is 0 Å². The Balaban J connectivity index is 0.00000147. The minimum Gasteiger partial charge on any atom is -0.348 e. The number of hydrogen-bond acceptors (Lipinski definition) is 3. The van der Waals surface area contributed by atoms with E-state index < -0.39 is 0 Å². The zero-order valence-electron chi connectivity index (χ0n) is 10.9. The minimum atomic E-state index is 0. The molecule has 6 heteroatoms. The fourth-order valence-electron chi connectivity index (χ4n) is 1.99. The summed E-state index contributed by atoms with van der Waals surface area (Å²) in [5.41, 5.74) is 2.65. The Morgan fingerprint density at radius 3 is 2.85 bits per heavy atom. The lowest BCUT2D eigenvalue weighted by Crippen LogP contribution is -2.21. The zero-order chi connectivity index (χ0) is 13.2. The van der Waals surface area contributed by atoms with Crippen molar-refractivity contribution in [1.29, 1.82) is 0 Å². The lowest BCUT2D eigenvalue weighted by atomic mass is 10.2. The molecule has 104 valence electrons. The summed E-state index contributed by atoms with van der Waals surface area (Å²) in [5.74, 6) is 0. The third kappa shape index (κ3) is 2.69. The Labute approximate surface area is 126 Å². The molecule has 20 heavy (non-hydrogen) atoms. The monoisotopic (exact) mass is 307 g/mol. The maximum Gasteiger partial charge on any atom is 0.259 e. The highest BCUT2D eigenvalue weighted by Gasteiger charge is 2.08. The highest BCUT2D eigenvalue weighted by molar-refractivity contribution is 7.13. The van der Waals surface area contributed by atoms with Crippen LogP contribution in [0.25, 0.3) is 10.4 Å². The molecule has 0 aliphatic heterocycles. The van der Waals surface area contributed by atoms with Gasteiger partial charge in [0.15, 0.2) is 0 Å². The molecule has 0 unspecified atom stereocenters. The van der Waals surface area contributed by atoms with Crippen molar-refractivity contribution in [1.82, 2.24) is 14.5 Å². The van der Waals surface area contributed by atoms with E-state index in [0.717, 1.165) is 21.8 Å². The second-order valence-electron chi connectivity index (χ2n) is 4.31. The van der Waals surface area contributed by atoms with Crippen LogP contribution in [0.4, 0.5) is 0 Å². The molecule has 0 spiro atoms. The van der Waals surface area contributed by atoms with Gasteiger partial charge in [-0.05, 0) is 30.5 Å². The van der Waals surface area contributed by atoms with Crippen LogP contribution in [0.5, 0.6) is 0 Å². The first kappa shape index (κ1) is 14.6. The van der Waals surface area contributed by atoms with E-state index in [9.17, 15) is 4.79 Å². The molecule has 3 heterocycles. The molecule has 0 amide bonds. The van der Waals surface area contributed by atoms with Crippen LogP contribution in [-0.2, 0) is 6.54 Å². The number of nitrogens with zero attached hydrogens (tertiary/aromatic N) is 2. The number of H-pyrrole nitrogens is 1. The number of aromatic amines is 1. The number of pyridine rings is 1. The topological polar surface area (TPSA) is 50.7 Å². The van der Waals surface area contributed by atoms with Gasteiger partial charge in [0.25, 0.3) is 5.56 Å². The van der Waals surface area contributed by atoms with Crippen molar-refractivity contribution < 1.29 is 0 Å². The summed E-state index contributed by atoms with van der Waals surface area (Å²) in [6, 6.07) is 7.68. The highest BCUT2D eigenvalue weighted by Crippen LogP contribution is 2.20. The summed E-state index contributed by atoms with van der Waals surface area (Å²) in [4.78, 5) is 20.7. The second kappa shape index (κ2) is 6.07. The van der Waals surface area contributed by atoms with Gasteiger partial charge in [-0.2, -0.15) is 0 Å². The first-order valence-corrected chi connectivity index (χ1v) is 6.86. The quantitative estimate of drug-likeness (QED) is 0.808. The first-order valence-electron chi connectivity index (χ1n) is 5.98. The van der Waals surface area contributed by atoms with Crippen LogP contribution < -0.4 is 5.56 Å². The summed E-state index contributed by atoms with van der Waals surface area (Å²) in [6.45, 7) is 2.45. The lowest BCUT2D eigenvalue weighted by Gasteiger charge is -2.06. The number of hydrogen-bond donors (Lipinski definition) is 1. The summed E-state index contributed by atoms with van der Waals surface area (Å²) >= 11 is 1.57. The molecule has 0 saturated heterocycles. The van der Waals surface area contributed by atoms with Crippen LogP contribution in [0, 0.1) is 6.92 Å². The molecule has 0 saturated carbocycles.